The minimum atomic E-state index is -1.18. The number of ether oxygens (including phenoxy) is 3. The van der Waals surface area contributed by atoms with Gasteiger partial charge in [0.15, 0.2) is 11.5 Å². The Morgan fingerprint density at radius 1 is 0.964 bits per heavy atom. The lowest BCUT2D eigenvalue weighted by Gasteiger charge is -2.17. The van der Waals surface area contributed by atoms with E-state index in [0.29, 0.717) is 42.8 Å². The van der Waals surface area contributed by atoms with Crippen molar-refractivity contribution in [1.82, 2.24) is 0 Å². The molecule has 2 rings (SSSR count). The molecule has 2 aromatic rings. The summed E-state index contributed by atoms with van der Waals surface area (Å²) in [7, 11) is 0. The maximum absolute atomic E-state index is 12.7. The summed E-state index contributed by atoms with van der Waals surface area (Å²) in [4.78, 5) is 23.9. The Kier molecular flexibility index (Phi) is 7.52. The Morgan fingerprint density at radius 3 is 2.04 bits per heavy atom. The molecule has 28 heavy (non-hydrogen) atoms. The number of anilines is 1. The molecule has 0 fully saturated rings. The number of carbonyl (C=O) groups is 2. The van der Waals surface area contributed by atoms with E-state index >= 15 is 0 Å². The highest BCUT2D eigenvalue weighted by atomic mass is 35.5. The molecule has 1 amide bonds. The van der Waals surface area contributed by atoms with Crippen molar-refractivity contribution in [2.75, 3.05) is 25.1 Å². The Labute approximate surface area is 168 Å². The normalized spacial score (nSPS) is 10.3. The standard InChI is InChI=1S/C20H22ClNO6/c1-4-26-16-9-12(10-17(27-5-2)18(16)28-6-3)19(23)22-13-7-8-15(21)14(11-13)20(24)25/h7-11H,4-6H2,1-3H3,(H,22,23)(H,24,25). The topological polar surface area (TPSA) is 94.1 Å². The third-order valence-electron chi connectivity index (χ3n) is 3.63. The van der Waals surface area contributed by atoms with E-state index in [1.807, 2.05) is 20.8 Å². The van der Waals surface area contributed by atoms with Crippen LogP contribution >= 0.6 is 11.6 Å². The van der Waals surface area contributed by atoms with Gasteiger partial charge in [-0.25, -0.2) is 4.79 Å². The van der Waals surface area contributed by atoms with Gasteiger partial charge in [0.25, 0.3) is 5.91 Å². The highest BCUT2D eigenvalue weighted by Crippen LogP contribution is 2.39. The lowest BCUT2D eigenvalue weighted by Crippen LogP contribution is -2.14. The van der Waals surface area contributed by atoms with Gasteiger partial charge in [-0.3, -0.25) is 4.79 Å². The zero-order chi connectivity index (χ0) is 20.7. The zero-order valence-electron chi connectivity index (χ0n) is 15.9. The van der Waals surface area contributed by atoms with E-state index in [-0.39, 0.29) is 16.1 Å². The summed E-state index contributed by atoms with van der Waals surface area (Å²) in [6, 6.07) is 7.34. The van der Waals surface area contributed by atoms with Crippen LogP contribution in [-0.2, 0) is 0 Å². The summed E-state index contributed by atoms with van der Waals surface area (Å²) in [6.45, 7) is 6.67. The highest BCUT2D eigenvalue weighted by Gasteiger charge is 2.19. The number of aromatic carboxylic acids is 1. The molecule has 0 heterocycles. The average molecular weight is 408 g/mol. The van der Waals surface area contributed by atoms with E-state index in [9.17, 15) is 9.59 Å². The largest absolute Gasteiger partial charge is 0.490 e. The van der Waals surface area contributed by atoms with Gasteiger partial charge < -0.3 is 24.6 Å². The summed E-state index contributed by atoms with van der Waals surface area (Å²) in [5, 5.41) is 11.9. The predicted octanol–water partition coefficient (Wildman–Crippen LogP) is 4.49. The SMILES string of the molecule is CCOc1cc(C(=O)Nc2ccc(Cl)c(C(=O)O)c2)cc(OCC)c1OCC. The second kappa shape index (κ2) is 9.85. The zero-order valence-corrected chi connectivity index (χ0v) is 16.6. The van der Waals surface area contributed by atoms with Crippen LogP contribution in [-0.4, -0.2) is 36.8 Å². The van der Waals surface area contributed by atoms with Crippen molar-refractivity contribution in [2.45, 2.75) is 20.8 Å². The number of benzene rings is 2. The average Bonchev–Trinajstić information content (AvgIpc) is 2.65. The lowest BCUT2D eigenvalue weighted by molar-refractivity contribution is 0.0696. The highest BCUT2D eigenvalue weighted by molar-refractivity contribution is 6.33. The molecule has 0 aliphatic carbocycles. The maximum atomic E-state index is 12.7. The fourth-order valence-electron chi connectivity index (χ4n) is 2.49. The van der Waals surface area contributed by atoms with Crippen LogP contribution in [0.4, 0.5) is 5.69 Å². The van der Waals surface area contributed by atoms with Gasteiger partial charge in [0.1, 0.15) is 0 Å². The monoisotopic (exact) mass is 407 g/mol. The number of rotatable bonds is 9. The van der Waals surface area contributed by atoms with Crippen LogP contribution in [0.5, 0.6) is 17.2 Å². The van der Waals surface area contributed by atoms with Crippen molar-refractivity contribution < 1.29 is 28.9 Å². The van der Waals surface area contributed by atoms with E-state index < -0.39 is 11.9 Å². The molecule has 0 spiro atoms. The number of carboxylic acids is 1. The Balaban J connectivity index is 2.39. The molecule has 0 saturated heterocycles. The molecule has 0 bridgehead atoms. The van der Waals surface area contributed by atoms with Gasteiger partial charge in [-0.05, 0) is 51.1 Å². The summed E-state index contributed by atoms with van der Waals surface area (Å²) < 4.78 is 16.8. The molecular formula is C20H22ClNO6. The summed E-state index contributed by atoms with van der Waals surface area (Å²) >= 11 is 5.86. The Morgan fingerprint density at radius 2 is 1.54 bits per heavy atom. The lowest BCUT2D eigenvalue weighted by atomic mass is 10.1. The number of carboxylic acid groups (broad SMARTS) is 1. The molecule has 2 N–H and O–H groups in total. The van der Waals surface area contributed by atoms with Gasteiger partial charge in [-0.1, -0.05) is 11.6 Å². The fourth-order valence-corrected chi connectivity index (χ4v) is 2.69. The molecule has 0 aromatic heterocycles. The van der Waals surface area contributed by atoms with Gasteiger partial charge in [-0.2, -0.15) is 0 Å². The molecule has 2 aromatic carbocycles. The molecular weight excluding hydrogens is 386 g/mol. The van der Waals surface area contributed by atoms with Crippen molar-refractivity contribution in [3.63, 3.8) is 0 Å². The first-order chi connectivity index (χ1) is 13.4. The van der Waals surface area contributed by atoms with E-state index in [1.165, 1.54) is 18.2 Å². The number of nitrogens with one attached hydrogen (secondary N) is 1. The van der Waals surface area contributed by atoms with E-state index in [1.54, 1.807) is 12.1 Å². The second-order valence-corrected chi connectivity index (χ2v) is 5.96. The number of amides is 1. The van der Waals surface area contributed by atoms with Gasteiger partial charge in [-0.15, -0.1) is 0 Å². The van der Waals surface area contributed by atoms with E-state index in [4.69, 9.17) is 30.9 Å². The fraction of sp³-hybridized carbons (Fsp3) is 0.300. The molecule has 0 aliphatic heterocycles. The Hall–Kier alpha value is -2.93. The molecule has 0 unspecified atom stereocenters. The number of hydrogen-bond acceptors (Lipinski definition) is 5. The molecule has 0 saturated carbocycles. The predicted molar refractivity (Wildman–Crippen MR) is 106 cm³/mol. The van der Waals surface area contributed by atoms with Crippen molar-refractivity contribution in [2.24, 2.45) is 0 Å². The second-order valence-electron chi connectivity index (χ2n) is 5.55. The molecule has 0 atom stereocenters. The van der Waals surface area contributed by atoms with Crippen molar-refractivity contribution >= 4 is 29.2 Å². The van der Waals surface area contributed by atoms with E-state index in [2.05, 4.69) is 5.32 Å². The van der Waals surface area contributed by atoms with E-state index in [0.717, 1.165) is 0 Å². The summed E-state index contributed by atoms with van der Waals surface area (Å²) in [5.74, 6) is -0.420. The van der Waals surface area contributed by atoms with Gasteiger partial charge in [0.05, 0.1) is 30.4 Å². The van der Waals surface area contributed by atoms with Crippen LogP contribution in [0.2, 0.25) is 5.02 Å². The van der Waals surface area contributed by atoms with Crippen LogP contribution in [0, 0.1) is 0 Å². The number of hydrogen-bond donors (Lipinski definition) is 2. The van der Waals surface area contributed by atoms with Crippen LogP contribution < -0.4 is 19.5 Å². The first-order valence-corrected chi connectivity index (χ1v) is 9.19. The van der Waals surface area contributed by atoms with Gasteiger partial charge in [0, 0.05) is 11.3 Å². The van der Waals surface area contributed by atoms with Crippen molar-refractivity contribution in [3.05, 3.63) is 46.5 Å². The van der Waals surface area contributed by atoms with Crippen molar-refractivity contribution in [3.8, 4) is 17.2 Å². The Bertz CT molecular complexity index is 841. The molecule has 7 nitrogen and oxygen atoms in total. The molecule has 0 radical (unpaired) electrons. The quantitative estimate of drug-likeness (QED) is 0.636. The first kappa shape index (κ1) is 21.4. The van der Waals surface area contributed by atoms with Crippen LogP contribution in [0.25, 0.3) is 0 Å². The maximum Gasteiger partial charge on any atom is 0.337 e. The smallest absolute Gasteiger partial charge is 0.337 e. The third-order valence-corrected chi connectivity index (χ3v) is 3.96. The minimum Gasteiger partial charge on any atom is -0.490 e. The van der Waals surface area contributed by atoms with Crippen LogP contribution in [0.15, 0.2) is 30.3 Å². The van der Waals surface area contributed by atoms with Crippen molar-refractivity contribution in [1.29, 1.82) is 0 Å². The van der Waals surface area contributed by atoms with Gasteiger partial charge in [0.2, 0.25) is 5.75 Å². The first-order valence-electron chi connectivity index (χ1n) is 8.81. The minimum absolute atomic E-state index is 0.0869. The van der Waals surface area contributed by atoms with Crippen LogP contribution in [0.3, 0.4) is 0 Å². The molecule has 8 heteroatoms. The molecule has 0 aliphatic rings. The molecule has 150 valence electrons. The number of halogens is 1. The number of carbonyl (C=O) groups excluding carboxylic acids is 1. The van der Waals surface area contributed by atoms with Crippen LogP contribution in [0.1, 0.15) is 41.5 Å². The third kappa shape index (κ3) is 5.07. The van der Waals surface area contributed by atoms with Gasteiger partial charge >= 0.3 is 5.97 Å². The summed E-state index contributed by atoms with van der Waals surface area (Å²) in [6.07, 6.45) is 0. The summed E-state index contributed by atoms with van der Waals surface area (Å²) in [5.41, 5.74) is 0.481.